The molecule has 0 aliphatic heterocycles. The van der Waals surface area contributed by atoms with Gasteiger partial charge in [-0.1, -0.05) is 30.3 Å². The quantitative estimate of drug-likeness (QED) is 0.838. The number of hydrogen-bond donors (Lipinski definition) is 1. The van der Waals surface area contributed by atoms with E-state index in [9.17, 15) is 18.0 Å². The SMILES string of the molecule is NC(=O)N(Cc1ccccc1)SC(F)(F)F. The first-order chi connectivity index (χ1) is 7.38. The van der Waals surface area contributed by atoms with E-state index < -0.39 is 23.5 Å². The second kappa shape index (κ2) is 5.11. The van der Waals surface area contributed by atoms with E-state index in [0.717, 1.165) is 0 Å². The molecule has 2 amide bonds. The van der Waals surface area contributed by atoms with E-state index in [1.807, 2.05) is 0 Å². The highest BCUT2D eigenvalue weighted by molar-refractivity contribution is 7.98. The molecule has 0 aliphatic rings. The summed E-state index contributed by atoms with van der Waals surface area (Å²) >= 11 is -0.536. The van der Waals surface area contributed by atoms with Crippen LogP contribution >= 0.6 is 11.9 Å². The molecule has 0 saturated carbocycles. The summed E-state index contributed by atoms with van der Waals surface area (Å²) in [5.74, 6) is 0. The third-order valence-corrected chi connectivity index (χ3v) is 2.36. The Hall–Kier alpha value is -1.37. The number of urea groups is 1. The van der Waals surface area contributed by atoms with Gasteiger partial charge in [0.1, 0.15) is 0 Å². The minimum absolute atomic E-state index is 0.180. The molecule has 3 nitrogen and oxygen atoms in total. The van der Waals surface area contributed by atoms with Gasteiger partial charge in [-0.2, -0.15) is 13.2 Å². The highest BCUT2D eigenvalue weighted by Gasteiger charge is 2.34. The Morgan fingerprint density at radius 3 is 2.31 bits per heavy atom. The molecular weight excluding hydrogens is 241 g/mol. The zero-order valence-electron chi connectivity index (χ0n) is 8.07. The van der Waals surface area contributed by atoms with Crippen molar-refractivity contribution in [2.45, 2.75) is 12.1 Å². The molecule has 2 N–H and O–H groups in total. The second-order valence-corrected chi connectivity index (χ2v) is 3.98. The number of hydrogen-bond acceptors (Lipinski definition) is 2. The van der Waals surface area contributed by atoms with Crippen molar-refractivity contribution >= 4 is 18.0 Å². The van der Waals surface area contributed by atoms with E-state index in [2.05, 4.69) is 0 Å². The van der Waals surface area contributed by atoms with Gasteiger partial charge in [-0.15, -0.1) is 0 Å². The van der Waals surface area contributed by atoms with Crippen LogP contribution in [0.15, 0.2) is 30.3 Å². The number of alkyl halides is 3. The van der Waals surface area contributed by atoms with E-state index in [4.69, 9.17) is 5.73 Å². The van der Waals surface area contributed by atoms with Gasteiger partial charge in [0.15, 0.2) is 0 Å². The van der Waals surface area contributed by atoms with Crippen LogP contribution < -0.4 is 5.73 Å². The number of primary amides is 1. The van der Waals surface area contributed by atoms with Crippen molar-refractivity contribution in [1.29, 1.82) is 0 Å². The van der Waals surface area contributed by atoms with E-state index >= 15 is 0 Å². The Balaban J connectivity index is 2.70. The summed E-state index contributed by atoms with van der Waals surface area (Å²) in [5, 5.41) is 0. The van der Waals surface area contributed by atoms with Gasteiger partial charge in [0.2, 0.25) is 0 Å². The molecule has 0 unspecified atom stereocenters. The van der Waals surface area contributed by atoms with Crippen molar-refractivity contribution in [3.05, 3.63) is 35.9 Å². The maximum Gasteiger partial charge on any atom is 0.461 e. The van der Waals surface area contributed by atoms with Gasteiger partial charge in [-0.05, 0) is 5.56 Å². The average Bonchev–Trinajstić information content (AvgIpc) is 2.16. The standard InChI is InChI=1S/C9H9F3N2OS/c10-9(11,12)16-14(8(13)15)6-7-4-2-1-3-5-7/h1-5H,6H2,(H2,13,15). The molecule has 0 fully saturated rings. The van der Waals surface area contributed by atoms with Crippen molar-refractivity contribution in [3.63, 3.8) is 0 Å². The molecule has 0 bridgehead atoms. The fourth-order valence-electron chi connectivity index (χ4n) is 1.03. The largest absolute Gasteiger partial charge is 0.461 e. The number of nitrogens with two attached hydrogens (primary N) is 1. The van der Waals surface area contributed by atoms with Crippen molar-refractivity contribution < 1.29 is 18.0 Å². The Morgan fingerprint density at radius 1 is 1.31 bits per heavy atom. The minimum atomic E-state index is -4.52. The zero-order valence-corrected chi connectivity index (χ0v) is 8.89. The Bertz CT molecular complexity index is 356. The van der Waals surface area contributed by atoms with E-state index in [-0.39, 0.29) is 6.54 Å². The Morgan fingerprint density at radius 2 is 1.88 bits per heavy atom. The molecule has 1 rings (SSSR count). The first-order valence-electron chi connectivity index (χ1n) is 4.25. The van der Waals surface area contributed by atoms with Gasteiger partial charge >= 0.3 is 11.5 Å². The number of amides is 2. The fraction of sp³-hybridized carbons (Fsp3) is 0.222. The topological polar surface area (TPSA) is 46.3 Å². The molecule has 0 spiro atoms. The predicted molar refractivity (Wildman–Crippen MR) is 55.2 cm³/mol. The van der Waals surface area contributed by atoms with Crippen LogP contribution in [-0.4, -0.2) is 15.8 Å². The van der Waals surface area contributed by atoms with Crippen LogP contribution in [0.5, 0.6) is 0 Å². The van der Waals surface area contributed by atoms with Gasteiger partial charge in [-0.3, -0.25) is 4.31 Å². The van der Waals surface area contributed by atoms with Crippen molar-refractivity contribution in [3.8, 4) is 0 Å². The molecule has 0 atom stereocenters. The van der Waals surface area contributed by atoms with E-state index in [1.165, 1.54) is 0 Å². The molecule has 0 heterocycles. The van der Waals surface area contributed by atoms with Crippen LogP contribution in [0.2, 0.25) is 0 Å². The summed E-state index contributed by atoms with van der Waals surface area (Å²) in [5.41, 5.74) is 0.915. The lowest BCUT2D eigenvalue weighted by Gasteiger charge is -2.19. The molecule has 7 heteroatoms. The van der Waals surface area contributed by atoms with Crippen LogP contribution in [0.25, 0.3) is 0 Å². The maximum atomic E-state index is 12.1. The highest BCUT2D eigenvalue weighted by atomic mass is 32.2. The minimum Gasteiger partial charge on any atom is -0.351 e. The lowest BCUT2D eigenvalue weighted by atomic mass is 10.2. The van der Waals surface area contributed by atoms with Gasteiger partial charge in [0, 0.05) is 0 Å². The smallest absolute Gasteiger partial charge is 0.351 e. The lowest BCUT2D eigenvalue weighted by molar-refractivity contribution is -0.0356. The Kier molecular flexibility index (Phi) is 4.05. The van der Waals surface area contributed by atoms with Crippen LogP contribution in [0.4, 0.5) is 18.0 Å². The van der Waals surface area contributed by atoms with Crippen LogP contribution in [0, 0.1) is 0 Å². The molecule has 0 aromatic heterocycles. The Labute approximate surface area is 94.5 Å². The number of benzene rings is 1. The molecule has 1 aromatic carbocycles. The first-order valence-corrected chi connectivity index (χ1v) is 5.02. The van der Waals surface area contributed by atoms with Gasteiger partial charge < -0.3 is 5.73 Å². The van der Waals surface area contributed by atoms with Gasteiger partial charge in [0.05, 0.1) is 18.5 Å². The molecule has 0 aliphatic carbocycles. The number of carbonyl (C=O) groups is 1. The summed E-state index contributed by atoms with van der Waals surface area (Å²) in [4.78, 5) is 10.8. The lowest BCUT2D eigenvalue weighted by Crippen LogP contribution is -2.32. The third-order valence-electron chi connectivity index (χ3n) is 1.63. The molecule has 1 aromatic rings. The summed E-state index contributed by atoms with van der Waals surface area (Å²) in [6.45, 7) is -0.180. The number of rotatable bonds is 3. The number of nitrogens with zero attached hydrogens (tertiary/aromatic N) is 1. The monoisotopic (exact) mass is 250 g/mol. The van der Waals surface area contributed by atoms with Gasteiger partial charge in [-0.25, -0.2) is 4.79 Å². The molecular formula is C9H9F3N2OS. The second-order valence-electron chi connectivity index (χ2n) is 2.90. The normalized spacial score (nSPS) is 11.2. The zero-order chi connectivity index (χ0) is 12.2. The van der Waals surface area contributed by atoms with Crippen LogP contribution in [-0.2, 0) is 6.54 Å². The molecule has 0 radical (unpaired) electrons. The first kappa shape index (κ1) is 12.7. The van der Waals surface area contributed by atoms with Crippen LogP contribution in [0.1, 0.15) is 5.56 Å². The summed E-state index contributed by atoms with van der Waals surface area (Å²) < 4.78 is 36.7. The van der Waals surface area contributed by atoms with E-state index in [0.29, 0.717) is 9.87 Å². The average molecular weight is 250 g/mol. The number of carbonyl (C=O) groups excluding carboxylic acids is 1. The van der Waals surface area contributed by atoms with Gasteiger partial charge in [0.25, 0.3) is 0 Å². The maximum absolute atomic E-state index is 12.1. The highest BCUT2D eigenvalue weighted by Crippen LogP contribution is 2.33. The van der Waals surface area contributed by atoms with Crippen molar-refractivity contribution in [2.24, 2.45) is 5.73 Å². The summed E-state index contributed by atoms with van der Waals surface area (Å²) in [6, 6.07) is 7.19. The summed E-state index contributed by atoms with van der Waals surface area (Å²) in [6.07, 6.45) is 0. The van der Waals surface area contributed by atoms with Crippen molar-refractivity contribution in [1.82, 2.24) is 4.31 Å². The van der Waals surface area contributed by atoms with Crippen molar-refractivity contribution in [2.75, 3.05) is 0 Å². The molecule has 0 saturated heterocycles. The predicted octanol–water partition coefficient (Wildman–Crippen LogP) is 2.74. The fourth-order valence-corrected chi connectivity index (χ4v) is 1.58. The molecule has 88 valence electrons. The summed E-state index contributed by atoms with van der Waals surface area (Å²) in [7, 11) is 0. The van der Waals surface area contributed by atoms with Crippen LogP contribution in [0.3, 0.4) is 0 Å². The molecule has 16 heavy (non-hydrogen) atoms. The number of halogens is 3. The van der Waals surface area contributed by atoms with E-state index in [1.54, 1.807) is 30.3 Å². The third kappa shape index (κ3) is 4.43.